The number of benzene rings is 2. The van der Waals surface area contributed by atoms with E-state index in [2.05, 4.69) is 17.2 Å². The Morgan fingerprint density at radius 1 is 1.13 bits per heavy atom. The Morgan fingerprint density at radius 3 is 2.57 bits per heavy atom. The van der Waals surface area contributed by atoms with Gasteiger partial charge in [-0.05, 0) is 36.4 Å². The van der Waals surface area contributed by atoms with E-state index in [9.17, 15) is 4.79 Å². The van der Waals surface area contributed by atoms with Crippen molar-refractivity contribution in [2.24, 2.45) is 0 Å². The average molecular weight is 325 g/mol. The van der Waals surface area contributed by atoms with Crippen molar-refractivity contribution in [1.82, 2.24) is 5.32 Å². The minimum atomic E-state index is 0.0254. The first-order chi connectivity index (χ1) is 11.3. The van der Waals surface area contributed by atoms with Gasteiger partial charge in [-0.25, -0.2) is 0 Å². The number of rotatable bonds is 6. The fraction of sp³-hybridized carbons (Fsp3) is 0.211. The third kappa shape index (κ3) is 6.50. The number of thioether (sulfide) groups is 1. The summed E-state index contributed by atoms with van der Waals surface area (Å²) in [6.07, 6.45) is 0.490. The number of hydrogen-bond acceptors (Lipinski definition) is 3. The van der Waals surface area contributed by atoms with Gasteiger partial charge in [-0.15, -0.1) is 11.8 Å². The summed E-state index contributed by atoms with van der Waals surface area (Å²) in [6.45, 7) is 0.362. The normalized spacial score (nSPS) is 9.61. The molecule has 0 radical (unpaired) electrons. The van der Waals surface area contributed by atoms with Crippen molar-refractivity contribution < 1.29 is 9.53 Å². The van der Waals surface area contributed by atoms with Gasteiger partial charge in [0.05, 0.1) is 13.7 Å². The monoisotopic (exact) mass is 325 g/mol. The minimum Gasteiger partial charge on any atom is -0.497 e. The Balaban J connectivity index is 1.65. The lowest BCUT2D eigenvalue weighted by atomic mass is 10.2. The highest BCUT2D eigenvalue weighted by Crippen LogP contribution is 2.17. The van der Waals surface area contributed by atoms with E-state index in [1.807, 2.05) is 54.6 Å². The van der Waals surface area contributed by atoms with E-state index in [1.54, 1.807) is 18.9 Å². The molecule has 0 saturated heterocycles. The van der Waals surface area contributed by atoms with Gasteiger partial charge < -0.3 is 10.1 Å². The molecule has 0 saturated carbocycles. The molecule has 0 aliphatic rings. The Bertz CT molecular complexity index is 672. The smallest absolute Gasteiger partial charge is 0.221 e. The second kappa shape index (κ2) is 9.60. The largest absolute Gasteiger partial charge is 0.497 e. The first kappa shape index (κ1) is 17.0. The molecule has 0 unspecified atom stereocenters. The fourth-order valence-electron chi connectivity index (χ4n) is 1.83. The summed E-state index contributed by atoms with van der Waals surface area (Å²) in [5, 5.41) is 2.81. The number of carbonyl (C=O) groups is 1. The molecule has 2 aromatic rings. The maximum absolute atomic E-state index is 11.7. The highest BCUT2D eigenvalue weighted by atomic mass is 32.2. The van der Waals surface area contributed by atoms with Gasteiger partial charge in [-0.1, -0.05) is 30.0 Å². The van der Waals surface area contributed by atoms with E-state index in [0.29, 0.717) is 13.0 Å². The van der Waals surface area contributed by atoms with E-state index >= 15 is 0 Å². The molecule has 1 amide bonds. The molecule has 2 rings (SSSR count). The predicted molar refractivity (Wildman–Crippen MR) is 94.7 cm³/mol. The third-order valence-electron chi connectivity index (χ3n) is 3.04. The summed E-state index contributed by atoms with van der Waals surface area (Å²) in [6, 6.07) is 17.6. The SMILES string of the molecule is COc1ccc(C#CCNC(=O)CCSc2ccccc2)cc1. The summed E-state index contributed by atoms with van der Waals surface area (Å²) in [7, 11) is 1.63. The van der Waals surface area contributed by atoms with Crippen molar-refractivity contribution in [3.63, 3.8) is 0 Å². The van der Waals surface area contributed by atoms with Gasteiger partial charge >= 0.3 is 0 Å². The predicted octanol–water partition coefficient (Wildman–Crippen LogP) is 3.35. The minimum absolute atomic E-state index is 0.0254. The summed E-state index contributed by atoms with van der Waals surface area (Å²) in [4.78, 5) is 12.9. The molecule has 0 aliphatic heterocycles. The van der Waals surface area contributed by atoms with Gasteiger partial charge in [-0.2, -0.15) is 0 Å². The molecule has 3 nitrogen and oxygen atoms in total. The van der Waals surface area contributed by atoms with Crippen LogP contribution in [0.1, 0.15) is 12.0 Å². The molecule has 0 spiro atoms. The Labute approximate surface area is 141 Å². The Morgan fingerprint density at radius 2 is 1.87 bits per heavy atom. The molecule has 0 atom stereocenters. The Kier molecular flexibility index (Phi) is 7.09. The molecule has 2 aromatic carbocycles. The lowest BCUT2D eigenvalue weighted by Crippen LogP contribution is -2.23. The highest BCUT2D eigenvalue weighted by molar-refractivity contribution is 7.99. The van der Waals surface area contributed by atoms with Crippen LogP contribution in [-0.4, -0.2) is 25.3 Å². The molecule has 0 fully saturated rings. The molecule has 4 heteroatoms. The zero-order valence-corrected chi connectivity index (χ0v) is 13.9. The van der Waals surface area contributed by atoms with Crippen LogP contribution in [0, 0.1) is 11.8 Å². The van der Waals surface area contributed by atoms with Crippen LogP contribution in [0.2, 0.25) is 0 Å². The molecule has 0 aromatic heterocycles. The van der Waals surface area contributed by atoms with E-state index in [0.717, 1.165) is 17.1 Å². The third-order valence-corrected chi connectivity index (χ3v) is 4.05. The number of carbonyl (C=O) groups excluding carboxylic acids is 1. The highest BCUT2D eigenvalue weighted by Gasteiger charge is 2.00. The van der Waals surface area contributed by atoms with Gasteiger partial charge in [0.15, 0.2) is 0 Å². The van der Waals surface area contributed by atoms with Crippen LogP contribution in [0.15, 0.2) is 59.5 Å². The number of hydrogen-bond donors (Lipinski definition) is 1. The van der Waals surface area contributed by atoms with Gasteiger partial charge in [-0.3, -0.25) is 4.79 Å². The average Bonchev–Trinajstić information content (AvgIpc) is 2.60. The number of amides is 1. The second-order valence-corrected chi connectivity index (χ2v) is 5.89. The molecular weight excluding hydrogens is 306 g/mol. The van der Waals surface area contributed by atoms with Crippen molar-refractivity contribution in [1.29, 1.82) is 0 Å². The van der Waals surface area contributed by atoms with Gasteiger partial charge in [0.25, 0.3) is 0 Å². The maximum Gasteiger partial charge on any atom is 0.221 e. The van der Waals surface area contributed by atoms with Crippen LogP contribution < -0.4 is 10.1 Å². The molecule has 1 N–H and O–H groups in total. The summed E-state index contributed by atoms with van der Waals surface area (Å²) in [5.41, 5.74) is 0.902. The van der Waals surface area contributed by atoms with Gasteiger partial charge in [0.1, 0.15) is 5.75 Å². The molecular formula is C19H19NO2S. The van der Waals surface area contributed by atoms with Crippen molar-refractivity contribution in [3.05, 3.63) is 60.2 Å². The van der Waals surface area contributed by atoms with Crippen LogP contribution in [0.4, 0.5) is 0 Å². The molecule has 0 aliphatic carbocycles. The zero-order valence-electron chi connectivity index (χ0n) is 13.0. The van der Waals surface area contributed by atoms with Crippen LogP contribution in [0.3, 0.4) is 0 Å². The van der Waals surface area contributed by atoms with E-state index in [-0.39, 0.29) is 5.91 Å². The van der Waals surface area contributed by atoms with Crippen molar-refractivity contribution in [2.75, 3.05) is 19.4 Å². The van der Waals surface area contributed by atoms with Gasteiger partial charge in [0.2, 0.25) is 5.91 Å². The zero-order chi connectivity index (χ0) is 16.3. The van der Waals surface area contributed by atoms with Crippen LogP contribution in [-0.2, 0) is 4.79 Å². The summed E-state index contributed by atoms with van der Waals surface area (Å²) in [5.74, 6) is 7.55. The quantitative estimate of drug-likeness (QED) is 0.654. The number of methoxy groups -OCH3 is 1. The van der Waals surface area contributed by atoms with E-state index in [4.69, 9.17) is 4.74 Å². The summed E-state index contributed by atoms with van der Waals surface area (Å²) < 4.78 is 5.09. The van der Waals surface area contributed by atoms with Crippen molar-refractivity contribution in [3.8, 4) is 17.6 Å². The topological polar surface area (TPSA) is 38.3 Å². The van der Waals surface area contributed by atoms with E-state index in [1.165, 1.54) is 4.90 Å². The number of nitrogens with one attached hydrogen (secondary N) is 1. The van der Waals surface area contributed by atoms with E-state index < -0.39 is 0 Å². The standard InChI is InChI=1S/C19H19NO2S/c1-22-17-11-9-16(10-12-17)6-5-14-20-19(21)13-15-23-18-7-3-2-4-8-18/h2-4,7-12H,13-15H2,1H3,(H,20,21). The molecule has 23 heavy (non-hydrogen) atoms. The second-order valence-electron chi connectivity index (χ2n) is 4.72. The van der Waals surface area contributed by atoms with Gasteiger partial charge in [0, 0.05) is 22.6 Å². The Hall–Kier alpha value is -2.38. The van der Waals surface area contributed by atoms with Crippen molar-refractivity contribution in [2.45, 2.75) is 11.3 Å². The first-order valence-electron chi connectivity index (χ1n) is 7.35. The number of ether oxygens (including phenoxy) is 1. The molecule has 0 heterocycles. The first-order valence-corrected chi connectivity index (χ1v) is 8.34. The van der Waals surface area contributed by atoms with Crippen LogP contribution in [0.25, 0.3) is 0 Å². The molecule has 0 bridgehead atoms. The lowest BCUT2D eigenvalue weighted by Gasteiger charge is -2.02. The summed E-state index contributed by atoms with van der Waals surface area (Å²) >= 11 is 1.68. The van der Waals surface area contributed by atoms with Crippen molar-refractivity contribution >= 4 is 17.7 Å². The maximum atomic E-state index is 11.7. The lowest BCUT2D eigenvalue weighted by molar-refractivity contribution is -0.120. The molecule has 118 valence electrons. The van der Waals surface area contributed by atoms with Crippen LogP contribution >= 0.6 is 11.8 Å². The van der Waals surface area contributed by atoms with Crippen LogP contribution in [0.5, 0.6) is 5.75 Å². The fourth-order valence-corrected chi connectivity index (χ4v) is 2.70.